The molecule has 0 aromatic carbocycles. The number of aliphatic hydroxyl groups is 1. The second kappa shape index (κ2) is 8.53. The standard InChI is InChI=1S/C12H23N3O2S.HI/c13-11(15-5-9-18-10-6-15)14-4-1-12(16)2-7-17-8-3-12;/h16H,1-10H2,(H2,13,14);1H. The van der Waals surface area contributed by atoms with E-state index in [1.165, 1.54) is 0 Å². The quantitative estimate of drug-likeness (QED) is 0.418. The van der Waals surface area contributed by atoms with Gasteiger partial charge in [-0.15, -0.1) is 24.0 Å². The van der Waals surface area contributed by atoms with Crippen LogP contribution in [-0.4, -0.2) is 65.9 Å². The Labute approximate surface area is 136 Å². The number of aliphatic imine (C=N–C) groups is 1. The minimum absolute atomic E-state index is 0. The van der Waals surface area contributed by atoms with Gasteiger partial charge in [-0.25, -0.2) is 0 Å². The molecular weight excluding hydrogens is 377 g/mol. The average molecular weight is 401 g/mol. The van der Waals surface area contributed by atoms with Crippen molar-refractivity contribution in [2.75, 3.05) is 44.4 Å². The third-order valence-electron chi connectivity index (χ3n) is 3.61. The lowest BCUT2D eigenvalue weighted by atomic mass is 9.91. The van der Waals surface area contributed by atoms with Crippen LogP contribution in [0.3, 0.4) is 0 Å². The van der Waals surface area contributed by atoms with E-state index in [0.717, 1.165) is 24.6 Å². The highest BCUT2D eigenvalue weighted by molar-refractivity contribution is 14.0. The molecule has 19 heavy (non-hydrogen) atoms. The van der Waals surface area contributed by atoms with Gasteiger partial charge in [0, 0.05) is 44.4 Å². The molecule has 112 valence electrons. The fourth-order valence-corrected chi connectivity index (χ4v) is 3.18. The molecule has 7 heteroatoms. The first-order chi connectivity index (χ1) is 8.70. The van der Waals surface area contributed by atoms with Gasteiger partial charge >= 0.3 is 0 Å². The molecule has 0 atom stereocenters. The Morgan fingerprint density at radius 3 is 2.58 bits per heavy atom. The highest BCUT2D eigenvalue weighted by Gasteiger charge is 2.29. The van der Waals surface area contributed by atoms with Gasteiger partial charge in [0.05, 0.1) is 5.60 Å². The Morgan fingerprint density at radius 2 is 1.95 bits per heavy atom. The number of ether oxygens (including phenoxy) is 1. The van der Waals surface area contributed by atoms with Crippen LogP contribution < -0.4 is 5.73 Å². The zero-order chi connectivity index (χ0) is 12.8. The smallest absolute Gasteiger partial charge is 0.191 e. The summed E-state index contributed by atoms with van der Waals surface area (Å²) in [5, 5.41) is 10.3. The van der Waals surface area contributed by atoms with Crippen molar-refractivity contribution >= 4 is 41.7 Å². The lowest BCUT2D eigenvalue weighted by Crippen LogP contribution is -2.43. The van der Waals surface area contributed by atoms with E-state index in [9.17, 15) is 5.11 Å². The van der Waals surface area contributed by atoms with E-state index in [-0.39, 0.29) is 24.0 Å². The molecule has 0 radical (unpaired) electrons. The SMILES string of the molecule is I.NC(=NCCC1(O)CCOCC1)N1CCSCC1. The van der Waals surface area contributed by atoms with Gasteiger partial charge in [-0.05, 0) is 19.3 Å². The summed E-state index contributed by atoms with van der Waals surface area (Å²) in [4.78, 5) is 6.53. The van der Waals surface area contributed by atoms with E-state index < -0.39 is 5.60 Å². The number of halogens is 1. The van der Waals surface area contributed by atoms with E-state index in [2.05, 4.69) is 9.89 Å². The van der Waals surface area contributed by atoms with Gasteiger partial charge in [-0.1, -0.05) is 0 Å². The second-order valence-electron chi connectivity index (χ2n) is 4.93. The Kier molecular flexibility index (Phi) is 7.78. The maximum absolute atomic E-state index is 10.3. The molecule has 2 saturated heterocycles. The summed E-state index contributed by atoms with van der Waals surface area (Å²) in [6, 6.07) is 0. The Bertz CT molecular complexity index is 293. The average Bonchev–Trinajstić information content (AvgIpc) is 2.40. The number of hydrogen-bond donors (Lipinski definition) is 2. The summed E-state index contributed by atoms with van der Waals surface area (Å²) < 4.78 is 5.26. The van der Waals surface area contributed by atoms with E-state index in [1.807, 2.05) is 11.8 Å². The number of thioether (sulfide) groups is 1. The highest BCUT2D eigenvalue weighted by Crippen LogP contribution is 2.23. The van der Waals surface area contributed by atoms with Crippen molar-refractivity contribution in [1.29, 1.82) is 0 Å². The number of nitrogens with two attached hydrogens (primary N) is 1. The second-order valence-corrected chi connectivity index (χ2v) is 6.15. The van der Waals surface area contributed by atoms with Crippen LogP contribution in [0.2, 0.25) is 0 Å². The van der Waals surface area contributed by atoms with E-state index >= 15 is 0 Å². The van der Waals surface area contributed by atoms with Gasteiger partial charge < -0.3 is 20.5 Å². The van der Waals surface area contributed by atoms with Gasteiger partial charge in [0.25, 0.3) is 0 Å². The monoisotopic (exact) mass is 401 g/mol. The molecule has 2 aliphatic heterocycles. The number of nitrogens with zero attached hydrogens (tertiary/aromatic N) is 2. The molecule has 2 aliphatic rings. The van der Waals surface area contributed by atoms with E-state index in [1.54, 1.807) is 0 Å². The first-order valence-corrected chi connectivity index (χ1v) is 7.78. The zero-order valence-electron chi connectivity index (χ0n) is 11.2. The van der Waals surface area contributed by atoms with Crippen molar-refractivity contribution in [2.24, 2.45) is 10.7 Å². The van der Waals surface area contributed by atoms with Crippen LogP contribution in [0.25, 0.3) is 0 Å². The zero-order valence-corrected chi connectivity index (χ0v) is 14.4. The number of rotatable bonds is 3. The van der Waals surface area contributed by atoms with Crippen molar-refractivity contribution in [3.05, 3.63) is 0 Å². The summed E-state index contributed by atoms with van der Waals surface area (Å²) in [6.45, 7) is 3.88. The molecule has 0 unspecified atom stereocenters. The lowest BCUT2D eigenvalue weighted by molar-refractivity contribution is -0.0662. The predicted molar refractivity (Wildman–Crippen MR) is 90.4 cm³/mol. The highest BCUT2D eigenvalue weighted by atomic mass is 127. The minimum atomic E-state index is -0.597. The fraction of sp³-hybridized carbons (Fsp3) is 0.917. The number of hydrogen-bond acceptors (Lipinski definition) is 4. The largest absolute Gasteiger partial charge is 0.390 e. The molecule has 0 aromatic rings. The molecule has 0 spiro atoms. The lowest BCUT2D eigenvalue weighted by Gasteiger charge is -2.32. The summed E-state index contributed by atoms with van der Waals surface area (Å²) in [5.74, 6) is 2.88. The summed E-state index contributed by atoms with van der Waals surface area (Å²) >= 11 is 1.96. The molecule has 0 amide bonds. The van der Waals surface area contributed by atoms with Gasteiger partial charge in [-0.2, -0.15) is 11.8 Å². The maximum Gasteiger partial charge on any atom is 0.191 e. The van der Waals surface area contributed by atoms with Crippen molar-refractivity contribution in [3.8, 4) is 0 Å². The third-order valence-corrected chi connectivity index (χ3v) is 4.55. The molecular formula is C12H24IN3O2S. The van der Waals surface area contributed by atoms with Crippen LogP contribution in [0, 0.1) is 0 Å². The Hall–Kier alpha value is 0.270. The summed E-state index contributed by atoms with van der Waals surface area (Å²) in [7, 11) is 0. The maximum atomic E-state index is 10.3. The first kappa shape index (κ1) is 17.3. The molecule has 2 heterocycles. The van der Waals surface area contributed by atoms with E-state index in [4.69, 9.17) is 10.5 Å². The molecule has 5 nitrogen and oxygen atoms in total. The van der Waals surface area contributed by atoms with Crippen molar-refractivity contribution in [3.63, 3.8) is 0 Å². The summed E-state index contributed by atoms with van der Waals surface area (Å²) in [6.07, 6.45) is 2.10. The molecule has 3 N–H and O–H groups in total. The third kappa shape index (κ3) is 5.65. The van der Waals surface area contributed by atoms with E-state index in [0.29, 0.717) is 45.0 Å². The topological polar surface area (TPSA) is 71.1 Å². The molecule has 0 bridgehead atoms. The molecule has 2 fully saturated rings. The first-order valence-electron chi connectivity index (χ1n) is 6.62. The Balaban J connectivity index is 0.00000180. The molecule has 0 aliphatic carbocycles. The van der Waals surface area contributed by atoms with Gasteiger partial charge in [0.2, 0.25) is 0 Å². The summed E-state index contributed by atoms with van der Waals surface area (Å²) in [5.41, 5.74) is 5.37. The van der Waals surface area contributed by atoms with Gasteiger partial charge in [0.15, 0.2) is 5.96 Å². The number of guanidine groups is 1. The van der Waals surface area contributed by atoms with Crippen LogP contribution in [0.1, 0.15) is 19.3 Å². The van der Waals surface area contributed by atoms with Crippen LogP contribution >= 0.6 is 35.7 Å². The van der Waals surface area contributed by atoms with Gasteiger partial charge in [-0.3, -0.25) is 4.99 Å². The predicted octanol–water partition coefficient (Wildman–Crippen LogP) is 0.900. The Morgan fingerprint density at radius 1 is 1.32 bits per heavy atom. The van der Waals surface area contributed by atoms with Crippen molar-refractivity contribution in [2.45, 2.75) is 24.9 Å². The van der Waals surface area contributed by atoms with Crippen LogP contribution in [-0.2, 0) is 4.74 Å². The van der Waals surface area contributed by atoms with Crippen LogP contribution in [0.5, 0.6) is 0 Å². The fourth-order valence-electron chi connectivity index (χ4n) is 2.27. The van der Waals surface area contributed by atoms with Crippen LogP contribution in [0.4, 0.5) is 0 Å². The van der Waals surface area contributed by atoms with Crippen LogP contribution in [0.15, 0.2) is 4.99 Å². The van der Waals surface area contributed by atoms with Crippen molar-refractivity contribution in [1.82, 2.24) is 4.90 Å². The minimum Gasteiger partial charge on any atom is -0.390 e. The molecule has 0 saturated carbocycles. The molecule has 0 aromatic heterocycles. The van der Waals surface area contributed by atoms with Crippen molar-refractivity contribution < 1.29 is 9.84 Å². The molecule has 2 rings (SSSR count). The van der Waals surface area contributed by atoms with Gasteiger partial charge in [0.1, 0.15) is 0 Å². The normalized spacial score (nSPS) is 23.8.